The number of aromatic carboxylic acids is 1. The predicted octanol–water partition coefficient (Wildman–Crippen LogP) is 2.07. The van der Waals surface area contributed by atoms with Gasteiger partial charge >= 0.3 is 5.97 Å². The minimum Gasteiger partial charge on any atom is -0.476 e. The van der Waals surface area contributed by atoms with Gasteiger partial charge in [-0.15, -0.1) is 5.10 Å². The summed E-state index contributed by atoms with van der Waals surface area (Å²) in [6.07, 6.45) is 1.23. The van der Waals surface area contributed by atoms with Gasteiger partial charge in [0.2, 0.25) is 5.91 Å². The summed E-state index contributed by atoms with van der Waals surface area (Å²) in [7, 11) is 0. The van der Waals surface area contributed by atoms with Gasteiger partial charge in [-0.2, -0.15) is 0 Å². The monoisotopic (exact) mass is 336 g/mol. The van der Waals surface area contributed by atoms with Gasteiger partial charge in [0.05, 0.1) is 6.20 Å². The molecule has 7 nitrogen and oxygen atoms in total. The molecule has 0 radical (unpaired) electrons. The Morgan fingerprint density at radius 3 is 2.70 bits per heavy atom. The SMILES string of the molecule is CC(C)N(Cc1cccc(Cl)c1)C(=O)Cn1cc(C(=O)O)nn1. The average Bonchev–Trinajstić information content (AvgIpc) is 2.93. The zero-order chi connectivity index (χ0) is 17.0. The van der Waals surface area contributed by atoms with E-state index in [9.17, 15) is 9.59 Å². The van der Waals surface area contributed by atoms with Crippen LogP contribution in [0.2, 0.25) is 5.02 Å². The number of carboxylic acid groups (broad SMARTS) is 1. The lowest BCUT2D eigenvalue weighted by molar-refractivity contribution is -0.134. The lowest BCUT2D eigenvalue weighted by Crippen LogP contribution is -2.38. The van der Waals surface area contributed by atoms with Crippen molar-refractivity contribution >= 4 is 23.5 Å². The maximum Gasteiger partial charge on any atom is 0.358 e. The lowest BCUT2D eigenvalue weighted by atomic mass is 10.2. The zero-order valence-electron chi connectivity index (χ0n) is 12.8. The standard InChI is InChI=1S/C15H17ClN4O3/c1-10(2)20(7-11-4-3-5-12(16)6-11)14(21)9-19-8-13(15(22)23)17-18-19/h3-6,8,10H,7,9H2,1-2H3,(H,22,23). The third-order valence-corrected chi connectivity index (χ3v) is 3.48. The molecule has 8 heteroatoms. The number of hydrogen-bond acceptors (Lipinski definition) is 4. The van der Waals surface area contributed by atoms with Gasteiger partial charge in [-0.25, -0.2) is 9.48 Å². The third kappa shape index (κ3) is 4.53. The molecule has 1 N–H and O–H groups in total. The first-order chi connectivity index (χ1) is 10.9. The third-order valence-electron chi connectivity index (χ3n) is 3.24. The molecule has 1 aromatic carbocycles. The van der Waals surface area contributed by atoms with Crippen LogP contribution >= 0.6 is 11.6 Å². The van der Waals surface area contributed by atoms with Crippen LogP contribution in [-0.2, 0) is 17.9 Å². The van der Waals surface area contributed by atoms with E-state index in [2.05, 4.69) is 10.3 Å². The van der Waals surface area contributed by atoms with Gasteiger partial charge in [-0.1, -0.05) is 28.9 Å². The Labute approximate surface area is 138 Å². The van der Waals surface area contributed by atoms with Crippen LogP contribution in [0, 0.1) is 0 Å². The van der Waals surface area contributed by atoms with Crippen molar-refractivity contribution in [2.24, 2.45) is 0 Å². The molecule has 0 fully saturated rings. The van der Waals surface area contributed by atoms with E-state index in [0.717, 1.165) is 5.56 Å². The van der Waals surface area contributed by atoms with Crippen LogP contribution in [0.15, 0.2) is 30.5 Å². The molecule has 0 saturated heterocycles. The minimum atomic E-state index is -1.18. The summed E-state index contributed by atoms with van der Waals surface area (Å²) in [5.41, 5.74) is 0.730. The normalized spacial score (nSPS) is 10.8. The summed E-state index contributed by atoms with van der Waals surface area (Å²) in [4.78, 5) is 24.9. The van der Waals surface area contributed by atoms with Crippen LogP contribution in [-0.4, -0.2) is 42.9 Å². The van der Waals surface area contributed by atoms with Gasteiger partial charge < -0.3 is 10.0 Å². The van der Waals surface area contributed by atoms with Gasteiger partial charge in [-0.05, 0) is 31.5 Å². The molecular formula is C15H17ClN4O3. The maximum atomic E-state index is 12.5. The van der Waals surface area contributed by atoms with Crippen LogP contribution in [0.3, 0.4) is 0 Å². The Bertz CT molecular complexity index is 714. The highest BCUT2D eigenvalue weighted by molar-refractivity contribution is 6.30. The van der Waals surface area contributed by atoms with Crippen molar-refractivity contribution in [2.75, 3.05) is 0 Å². The summed E-state index contributed by atoms with van der Waals surface area (Å²) >= 11 is 5.97. The highest BCUT2D eigenvalue weighted by Crippen LogP contribution is 2.14. The van der Waals surface area contributed by atoms with Crippen molar-refractivity contribution in [1.82, 2.24) is 19.9 Å². The molecule has 2 aromatic rings. The first kappa shape index (κ1) is 17.0. The molecule has 0 atom stereocenters. The second-order valence-electron chi connectivity index (χ2n) is 5.35. The second-order valence-corrected chi connectivity index (χ2v) is 5.79. The van der Waals surface area contributed by atoms with E-state index in [-0.39, 0.29) is 24.2 Å². The molecule has 0 saturated carbocycles. The number of carbonyl (C=O) groups is 2. The summed E-state index contributed by atoms with van der Waals surface area (Å²) in [6.45, 7) is 4.16. The summed E-state index contributed by atoms with van der Waals surface area (Å²) in [5, 5.41) is 16.6. The maximum absolute atomic E-state index is 12.5. The van der Waals surface area contributed by atoms with Crippen molar-refractivity contribution in [3.8, 4) is 0 Å². The molecule has 0 aliphatic heterocycles. The second kappa shape index (κ2) is 7.23. The van der Waals surface area contributed by atoms with E-state index in [1.807, 2.05) is 32.0 Å². The molecule has 2 rings (SSSR count). The van der Waals surface area contributed by atoms with Crippen LogP contribution in [0.5, 0.6) is 0 Å². The lowest BCUT2D eigenvalue weighted by Gasteiger charge is -2.27. The van der Waals surface area contributed by atoms with Gasteiger partial charge in [-0.3, -0.25) is 4.79 Å². The molecular weight excluding hydrogens is 320 g/mol. The highest BCUT2D eigenvalue weighted by atomic mass is 35.5. The summed E-state index contributed by atoms with van der Waals surface area (Å²) < 4.78 is 1.22. The number of benzene rings is 1. The number of amides is 1. The largest absolute Gasteiger partial charge is 0.476 e. The fourth-order valence-electron chi connectivity index (χ4n) is 2.09. The van der Waals surface area contributed by atoms with Crippen molar-refractivity contribution < 1.29 is 14.7 Å². The number of halogens is 1. The number of aromatic nitrogens is 3. The molecule has 1 heterocycles. The molecule has 122 valence electrons. The number of nitrogens with zero attached hydrogens (tertiary/aromatic N) is 4. The topological polar surface area (TPSA) is 88.3 Å². The van der Waals surface area contributed by atoms with Crippen molar-refractivity contribution in [3.05, 3.63) is 46.7 Å². The molecule has 1 amide bonds. The molecule has 0 spiro atoms. The molecule has 0 unspecified atom stereocenters. The first-order valence-electron chi connectivity index (χ1n) is 7.04. The van der Waals surface area contributed by atoms with Gasteiger partial charge in [0.25, 0.3) is 0 Å². The van der Waals surface area contributed by atoms with E-state index < -0.39 is 5.97 Å². The minimum absolute atomic E-state index is 0.0241. The molecule has 0 aliphatic carbocycles. The fraction of sp³-hybridized carbons (Fsp3) is 0.333. The van der Waals surface area contributed by atoms with Gasteiger partial charge in [0.15, 0.2) is 5.69 Å². The Kier molecular flexibility index (Phi) is 5.33. The number of rotatable bonds is 6. The number of hydrogen-bond donors (Lipinski definition) is 1. The molecule has 23 heavy (non-hydrogen) atoms. The Morgan fingerprint density at radius 1 is 1.39 bits per heavy atom. The number of carboxylic acids is 1. The summed E-state index contributed by atoms with van der Waals surface area (Å²) in [5.74, 6) is -1.36. The van der Waals surface area contributed by atoms with Crippen molar-refractivity contribution in [2.45, 2.75) is 33.0 Å². The zero-order valence-corrected chi connectivity index (χ0v) is 13.6. The van der Waals surface area contributed by atoms with Crippen LogP contribution in [0.25, 0.3) is 0 Å². The Hall–Kier alpha value is -2.41. The van der Waals surface area contributed by atoms with Crippen molar-refractivity contribution in [3.63, 3.8) is 0 Å². The van der Waals surface area contributed by atoms with E-state index >= 15 is 0 Å². The van der Waals surface area contributed by atoms with Crippen molar-refractivity contribution in [1.29, 1.82) is 0 Å². The van der Waals surface area contributed by atoms with Crippen LogP contribution in [0.4, 0.5) is 0 Å². The smallest absolute Gasteiger partial charge is 0.358 e. The van der Waals surface area contributed by atoms with E-state index in [0.29, 0.717) is 11.6 Å². The molecule has 0 aliphatic rings. The predicted molar refractivity (Wildman–Crippen MR) is 84.1 cm³/mol. The van der Waals surface area contributed by atoms with Gasteiger partial charge in [0.1, 0.15) is 6.54 Å². The first-order valence-corrected chi connectivity index (χ1v) is 7.42. The average molecular weight is 337 g/mol. The van der Waals surface area contributed by atoms with Crippen LogP contribution in [0.1, 0.15) is 29.9 Å². The van der Waals surface area contributed by atoms with E-state index in [4.69, 9.17) is 16.7 Å². The quantitative estimate of drug-likeness (QED) is 0.872. The van der Waals surface area contributed by atoms with E-state index in [1.165, 1.54) is 10.9 Å². The van der Waals surface area contributed by atoms with E-state index in [1.54, 1.807) is 11.0 Å². The Balaban J connectivity index is 2.10. The molecule has 0 bridgehead atoms. The number of carbonyl (C=O) groups excluding carboxylic acids is 1. The summed E-state index contributed by atoms with van der Waals surface area (Å²) in [6, 6.07) is 7.28. The van der Waals surface area contributed by atoms with Gasteiger partial charge in [0, 0.05) is 17.6 Å². The Morgan fingerprint density at radius 2 is 2.13 bits per heavy atom. The fourth-order valence-corrected chi connectivity index (χ4v) is 2.31. The molecule has 1 aromatic heterocycles. The highest BCUT2D eigenvalue weighted by Gasteiger charge is 2.19. The van der Waals surface area contributed by atoms with Crippen LogP contribution < -0.4 is 0 Å².